The SMILES string of the molecule is CCOC(=O)C1=C(C)NC(=S)N[C@H]1c1ccccc1OCC(=O)NN=Cc1cc(Cl)c(OCc2ccc(Br)cc2)c(Cl)c1. The maximum absolute atomic E-state index is 12.7. The van der Waals surface area contributed by atoms with E-state index in [-0.39, 0.29) is 13.2 Å². The molecule has 0 aromatic heterocycles. The van der Waals surface area contributed by atoms with Crippen LogP contribution in [0.2, 0.25) is 10.0 Å². The predicted molar refractivity (Wildman–Crippen MR) is 174 cm³/mol. The van der Waals surface area contributed by atoms with Crippen LogP contribution >= 0.6 is 51.3 Å². The molecule has 9 nitrogen and oxygen atoms in total. The normalized spacial score (nSPS) is 14.6. The van der Waals surface area contributed by atoms with Gasteiger partial charge in [0.05, 0.1) is 34.5 Å². The number of rotatable bonds is 11. The second-order valence-corrected chi connectivity index (χ2v) is 11.3. The van der Waals surface area contributed by atoms with Gasteiger partial charge in [-0.2, -0.15) is 5.10 Å². The summed E-state index contributed by atoms with van der Waals surface area (Å²) in [7, 11) is 0. The largest absolute Gasteiger partial charge is 0.486 e. The molecule has 0 unspecified atom stereocenters. The second kappa shape index (κ2) is 15.2. The molecule has 3 aromatic carbocycles. The van der Waals surface area contributed by atoms with Gasteiger partial charge in [0.15, 0.2) is 17.5 Å². The van der Waals surface area contributed by atoms with Crippen LogP contribution < -0.4 is 25.5 Å². The van der Waals surface area contributed by atoms with Crippen LogP contribution in [0.3, 0.4) is 0 Å². The maximum Gasteiger partial charge on any atom is 0.338 e. The molecule has 1 aliphatic rings. The van der Waals surface area contributed by atoms with E-state index in [1.54, 1.807) is 50.2 Å². The number of hydrazone groups is 1. The average molecular weight is 706 g/mol. The van der Waals surface area contributed by atoms with Crippen LogP contribution in [0.25, 0.3) is 0 Å². The molecule has 1 atom stereocenters. The van der Waals surface area contributed by atoms with Crippen LogP contribution in [-0.4, -0.2) is 36.4 Å². The third kappa shape index (κ3) is 8.70. The summed E-state index contributed by atoms with van der Waals surface area (Å²) < 4.78 is 17.8. The summed E-state index contributed by atoms with van der Waals surface area (Å²) >= 11 is 21.5. The number of benzene rings is 3. The third-order valence-electron chi connectivity index (χ3n) is 6.07. The molecule has 0 spiro atoms. The number of allylic oxidation sites excluding steroid dienone is 1. The molecule has 0 bridgehead atoms. The van der Waals surface area contributed by atoms with Crippen molar-refractivity contribution in [2.45, 2.75) is 26.5 Å². The number of ether oxygens (including phenoxy) is 3. The first kappa shape index (κ1) is 32.3. The van der Waals surface area contributed by atoms with Crippen molar-refractivity contribution in [1.82, 2.24) is 16.1 Å². The van der Waals surface area contributed by atoms with Crippen LogP contribution in [0.5, 0.6) is 11.5 Å². The Balaban J connectivity index is 1.37. The number of esters is 1. The van der Waals surface area contributed by atoms with Gasteiger partial charge in [0.1, 0.15) is 12.4 Å². The number of thiocarbonyl (C=S) groups is 1. The lowest BCUT2D eigenvalue weighted by molar-refractivity contribution is -0.139. The van der Waals surface area contributed by atoms with Crippen molar-refractivity contribution in [1.29, 1.82) is 0 Å². The topological polar surface area (TPSA) is 110 Å². The van der Waals surface area contributed by atoms with Crippen molar-refractivity contribution >= 4 is 74.6 Å². The number of para-hydroxylation sites is 1. The van der Waals surface area contributed by atoms with Gasteiger partial charge in [0.25, 0.3) is 5.91 Å². The van der Waals surface area contributed by atoms with Gasteiger partial charge in [0.2, 0.25) is 0 Å². The lowest BCUT2D eigenvalue weighted by Gasteiger charge is -2.30. The molecule has 43 heavy (non-hydrogen) atoms. The van der Waals surface area contributed by atoms with Gasteiger partial charge in [-0.1, -0.05) is 69.5 Å². The molecule has 0 saturated heterocycles. The minimum atomic E-state index is -0.638. The van der Waals surface area contributed by atoms with E-state index in [0.29, 0.717) is 55.7 Å². The number of nitrogens with zero attached hydrogens (tertiary/aromatic N) is 1. The highest BCUT2D eigenvalue weighted by Crippen LogP contribution is 2.35. The Kier molecular flexibility index (Phi) is 11.4. The van der Waals surface area contributed by atoms with E-state index in [4.69, 9.17) is 49.6 Å². The number of carbonyl (C=O) groups excluding carboxylic acids is 2. The lowest BCUT2D eigenvalue weighted by atomic mass is 9.95. The zero-order valence-electron chi connectivity index (χ0n) is 23.1. The highest BCUT2D eigenvalue weighted by atomic mass is 79.9. The molecule has 1 heterocycles. The van der Waals surface area contributed by atoms with E-state index in [9.17, 15) is 9.59 Å². The Morgan fingerprint density at radius 3 is 2.49 bits per heavy atom. The first-order chi connectivity index (χ1) is 20.7. The molecular formula is C30H27BrCl2N4O5S. The molecule has 0 fully saturated rings. The molecule has 0 radical (unpaired) electrons. The summed E-state index contributed by atoms with van der Waals surface area (Å²) in [6.07, 6.45) is 1.40. The Hall–Kier alpha value is -3.64. The first-order valence-corrected chi connectivity index (χ1v) is 15.0. The number of carbonyl (C=O) groups is 2. The van der Waals surface area contributed by atoms with E-state index in [2.05, 4.69) is 37.1 Å². The number of hydrogen-bond donors (Lipinski definition) is 3. The number of amides is 1. The van der Waals surface area contributed by atoms with Gasteiger partial charge in [-0.15, -0.1) is 0 Å². The molecule has 224 valence electrons. The first-order valence-electron chi connectivity index (χ1n) is 13.0. The van der Waals surface area contributed by atoms with Gasteiger partial charge in [-0.3, -0.25) is 4.79 Å². The molecule has 1 amide bonds. The molecule has 1 aliphatic heterocycles. The zero-order chi connectivity index (χ0) is 30.9. The zero-order valence-corrected chi connectivity index (χ0v) is 27.0. The molecule has 3 aromatic rings. The van der Waals surface area contributed by atoms with Crippen molar-refractivity contribution in [2.24, 2.45) is 5.10 Å². The quantitative estimate of drug-likeness (QED) is 0.0934. The summed E-state index contributed by atoms with van der Waals surface area (Å²) in [6, 6.07) is 17.3. The van der Waals surface area contributed by atoms with Gasteiger partial charge in [-0.05, 0) is 67.5 Å². The van der Waals surface area contributed by atoms with Crippen molar-refractivity contribution in [2.75, 3.05) is 13.2 Å². The Morgan fingerprint density at radius 1 is 1.09 bits per heavy atom. The van der Waals surface area contributed by atoms with Crippen LogP contribution in [-0.2, 0) is 20.9 Å². The fraction of sp³-hybridized carbons (Fsp3) is 0.200. The summed E-state index contributed by atoms with van der Waals surface area (Å²) in [6.45, 7) is 3.64. The highest BCUT2D eigenvalue weighted by molar-refractivity contribution is 9.10. The summed E-state index contributed by atoms with van der Waals surface area (Å²) in [5, 5.41) is 11.0. The Labute approximate surface area is 272 Å². The summed E-state index contributed by atoms with van der Waals surface area (Å²) in [5.74, 6) is -0.266. The molecule has 0 aliphatic carbocycles. The minimum absolute atomic E-state index is 0.217. The van der Waals surface area contributed by atoms with Gasteiger partial charge in [-0.25, -0.2) is 10.2 Å². The number of halogens is 3. The highest BCUT2D eigenvalue weighted by Gasteiger charge is 2.32. The van der Waals surface area contributed by atoms with Gasteiger partial charge in [0, 0.05) is 15.7 Å². The van der Waals surface area contributed by atoms with Crippen molar-refractivity contribution in [3.8, 4) is 11.5 Å². The van der Waals surface area contributed by atoms with E-state index in [0.717, 1.165) is 10.0 Å². The molecule has 3 N–H and O–H groups in total. The molecule has 13 heteroatoms. The smallest absolute Gasteiger partial charge is 0.338 e. The van der Waals surface area contributed by atoms with E-state index in [1.807, 2.05) is 24.3 Å². The van der Waals surface area contributed by atoms with E-state index < -0.39 is 17.9 Å². The van der Waals surface area contributed by atoms with Gasteiger partial charge >= 0.3 is 5.97 Å². The van der Waals surface area contributed by atoms with Crippen molar-refractivity contribution < 1.29 is 23.8 Å². The molecule has 0 saturated carbocycles. The van der Waals surface area contributed by atoms with Crippen LogP contribution in [0, 0.1) is 0 Å². The van der Waals surface area contributed by atoms with E-state index in [1.165, 1.54) is 6.21 Å². The standard InChI is InChI=1S/C30H27BrCl2N4O5S/c1-3-40-29(39)26-17(2)35-30(43)36-27(26)21-6-4-5-7-24(21)41-16-25(38)37-34-14-19-12-22(32)28(23(33)13-19)42-15-18-8-10-20(31)11-9-18/h4-14,27H,3,15-16H2,1-2H3,(H,37,38)(H2,35,36,43)/t27-/m0/s1. The van der Waals surface area contributed by atoms with Crippen LogP contribution in [0.15, 0.2) is 81.5 Å². The van der Waals surface area contributed by atoms with Crippen LogP contribution in [0.4, 0.5) is 0 Å². The molecular weight excluding hydrogens is 679 g/mol. The summed E-state index contributed by atoms with van der Waals surface area (Å²) in [5.41, 5.74) is 5.47. The third-order valence-corrected chi connectivity index (χ3v) is 7.38. The minimum Gasteiger partial charge on any atom is -0.486 e. The van der Waals surface area contributed by atoms with Crippen LogP contribution in [0.1, 0.15) is 36.6 Å². The van der Waals surface area contributed by atoms with Crippen molar-refractivity contribution in [3.05, 3.63) is 103 Å². The Bertz CT molecular complexity index is 1560. The summed E-state index contributed by atoms with van der Waals surface area (Å²) in [4.78, 5) is 25.3. The predicted octanol–water partition coefficient (Wildman–Crippen LogP) is 6.22. The van der Waals surface area contributed by atoms with Gasteiger partial charge < -0.3 is 24.8 Å². The van der Waals surface area contributed by atoms with E-state index >= 15 is 0 Å². The Morgan fingerprint density at radius 2 is 1.79 bits per heavy atom. The molecule has 4 rings (SSSR count). The maximum atomic E-state index is 12.7. The monoisotopic (exact) mass is 704 g/mol. The second-order valence-electron chi connectivity index (χ2n) is 9.14. The fourth-order valence-electron chi connectivity index (χ4n) is 4.14. The fourth-order valence-corrected chi connectivity index (χ4v) is 5.29. The lowest BCUT2D eigenvalue weighted by Crippen LogP contribution is -2.45. The number of nitrogens with one attached hydrogen (secondary N) is 3. The number of hydrogen-bond acceptors (Lipinski definition) is 7. The van der Waals surface area contributed by atoms with Crippen molar-refractivity contribution in [3.63, 3.8) is 0 Å². The average Bonchev–Trinajstić information content (AvgIpc) is 2.96.